The van der Waals surface area contributed by atoms with Gasteiger partial charge in [-0.3, -0.25) is 10.1 Å². The molecule has 1 aliphatic heterocycles. The topological polar surface area (TPSA) is 95.8 Å². The summed E-state index contributed by atoms with van der Waals surface area (Å²) >= 11 is 5.64. The number of ether oxygens (including phenoxy) is 1. The third kappa shape index (κ3) is 7.49. The summed E-state index contributed by atoms with van der Waals surface area (Å²) in [6.45, 7) is 3.31. The zero-order valence-electron chi connectivity index (χ0n) is 22.7. The zero-order chi connectivity index (χ0) is 29.0. The van der Waals surface area contributed by atoms with Gasteiger partial charge in [0.2, 0.25) is 5.88 Å². The van der Waals surface area contributed by atoms with Crippen LogP contribution in [0.4, 0.5) is 30.4 Å². The van der Waals surface area contributed by atoms with Crippen LogP contribution in [0.3, 0.4) is 0 Å². The molecule has 2 aliphatic carbocycles. The maximum atomic E-state index is 13.3. The number of rotatable bonds is 7. The first-order valence-electron chi connectivity index (χ1n) is 14.2. The largest absolute Gasteiger partial charge is 0.474 e. The fourth-order valence-corrected chi connectivity index (χ4v) is 6.21. The van der Waals surface area contributed by atoms with E-state index in [2.05, 4.69) is 20.4 Å². The Hall–Kier alpha value is -3.35. The lowest BCUT2D eigenvalue weighted by Gasteiger charge is -2.37. The molecule has 3 fully saturated rings. The lowest BCUT2D eigenvalue weighted by atomic mass is 9.92. The molecule has 1 aromatic carbocycles. The minimum Gasteiger partial charge on any atom is -0.474 e. The number of hydrogen-bond acceptors (Lipinski definition) is 7. The second-order valence-corrected chi connectivity index (χ2v) is 11.3. The number of benzene rings is 1. The van der Waals surface area contributed by atoms with E-state index < -0.39 is 22.4 Å². The van der Waals surface area contributed by atoms with Crippen molar-refractivity contribution in [3.05, 3.63) is 52.1 Å². The summed E-state index contributed by atoms with van der Waals surface area (Å²) in [5.41, 5.74) is -1.98. The van der Waals surface area contributed by atoms with Gasteiger partial charge in [-0.25, -0.2) is 0 Å². The summed E-state index contributed by atoms with van der Waals surface area (Å²) < 4.78 is 46.2. The van der Waals surface area contributed by atoms with Crippen LogP contribution in [0.25, 0.3) is 0 Å². The number of nitrogens with zero attached hydrogens (tertiary/aromatic N) is 4. The van der Waals surface area contributed by atoms with Gasteiger partial charge in [-0.15, -0.1) is 0 Å². The van der Waals surface area contributed by atoms with E-state index in [0.29, 0.717) is 37.6 Å². The number of alkyl halides is 3. The maximum Gasteiger partial charge on any atom is 0.423 e. The lowest BCUT2D eigenvalue weighted by Crippen LogP contribution is -2.53. The van der Waals surface area contributed by atoms with Crippen LogP contribution >= 0.6 is 12.2 Å². The molecule has 0 amide bonds. The van der Waals surface area contributed by atoms with Gasteiger partial charge in [0, 0.05) is 56.1 Å². The van der Waals surface area contributed by atoms with E-state index in [4.69, 9.17) is 21.9 Å². The van der Waals surface area contributed by atoms with Crippen molar-refractivity contribution in [1.82, 2.24) is 15.2 Å². The van der Waals surface area contributed by atoms with E-state index in [1.54, 1.807) is 0 Å². The normalized spacial score (nSPS) is 21.9. The predicted octanol–water partition coefficient (Wildman–Crippen LogP) is 5.75. The van der Waals surface area contributed by atoms with Gasteiger partial charge >= 0.3 is 6.18 Å². The Kier molecular flexibility index (Phi) is 9.00. The SMILES string of the molecule is O=[N+]([O-])c1ccc(NC2CCC(Oc3cccc(N4CCN(C(=S)NC5CCCC5)CC4)n3)CC2)cc1C(F)(F)F. The summed E-state index contributed by atoms with van der Waals surface area (Å²) in [7, 11) is 0. The summed E-state index contributed by atoms with van der Waals surface area (Å²) in [5.74, 6) is 1.43. The van der Waals surface area contributed by atoms with E-state index in [1.807, 2.05) is 18.2 Å². The number of anilines is 2. The van der Waals surface area contributed by atoms with Gasteiger partial charge in [-0.2, -0.15) is 18.2 Å². The summed E-state index contributed by atoms with van der Waals surface area (Å²) in [5, 5.41) is 18.5. The van der Waals surface area contributed by atoms with E-state index in [9.17, 15) is 23.3 Å². The Labute approximate surface area is 242 Å². The molecule has 0 unspecified atom stereocenters. The molecule has 41 heavy (non-hydrogen) atoms. The van der Waals surface area contributed by atoms with Crippen LogP contribution in [-0.4, -0.2) is 64.3 Å². The second kappa shape index (κ2) is 12.7. The summed E-state index contributed by atoms with van der Waals surface area (Å²) in [4.78, 5) is 19.2. The van der Waals surface area contributed by atoms with Crippen LogP contribution in [-0.2, 0) is 6.18 Å². The van der Waals surface area contributed by atoms with Gasteiger partial charge in [0.15, 0.2) is 5.11 Å². The number of aromatic nitrogens is 1. The Morgan fingerprint density at radius 2 is 1.71 bits per heavy atom. The van der Waals surface area contributed by atoms with Crippen molar-refractivity contribution in [3.63, 3.8) is 0 Å². The van der Waals surface area contributed by atoms with Crippen molar-refractivity contribution in [2.24, 2.45) is 0 Å². The number of halogens is 3. The number of nitro groups is 1. The minimum absolute atomic E-state index is 0.0470. The highest BCUT2D eigenvalue weighted by Gasteiger charge is 2.38. The Morgan fingerprint density at radius 1 is 1.00 bits per heavy atom. The molecule has 2 N–H and O–H groups in total. The number of hydrogen-bond donors (Lipinski definition) is 2. The minimum atomic E-state index is -4.81. The number of thiocarbonyl (C=S) groups is 1. The van der Waals surface area contributed by atoms with Crippen molar-refractivity contribution in [1.29, 1.82) is 0 Å². The van der Waals surface area contributed by atoms with E-state index in [-0.39, 0.29) is 17.8 Å². The van der Waals surface area contributed by atoms with Crippen LogP contribution in [0.1, 0.15) is 56.9 Å². The second-order valence-electron chi connectivity index (χ2n) is 11.0. The third-order valence-electron chi connectivity index (χ3n) is 8.11. The molecule has 9 nitrogen and oxygen atoms in total. The van der Waals surface area contributed by atoms with Crippen LogP contribution in [0.2, 0.25) is 0 Å². The molecule has 0 bridgehead atoms. The molecule has 222 valence electrons. The van der Waals surface area contributed by atoms with Crippen molar-refractivity contribution >= 4 is 34.5 Å². The highest BCUT2D eigenvalue weighted by Crippen LogP contribution is 2.38. The first-order valence-corrected chi connectivity index (χ1v) is 14.6. The fourth-order valence-electron chi connectivity index (χ4n) is 5.86. The number of piperazine rings is 1. The van der Waals surface area contributed by atoms with Crippen LogP contribution < -0.4 is 20.3 Å². The average Bonchev–Trinajstić information content (AvgIpc) is 3.47. The van der Waals surface area contributed by atoms with Crippen LogP contribution in [0.5, 0.6) is 5.88 Å². The van der Waals surface area contributed by atoms with Crippen molar-refractivity contribution < 1.29 is 22.8 Å². The van der Waals surface area contributed by atoms with E-state index in [1.165, 1.54) is 31.7 Å². The first-order chi connectivity index (χ1) is 19.7. The monoisotopic (exact) mass is 592 g/mol. The Balaban J connectivity index is 1.09. The van der Waals surface area contributed by atoms with E-state index in [0.717, 1.165) is 49.2 Å². The zero-order valence-corrected chi connectivity index (χ0v) is 23.6. The highest BCUT2D eigenvalue weighted by molar-refractivity contribution is 7.80. The standard InChI is InChI=1S/C28H35F3N6O3S/c29-28(30,31)23-18-21(10-13-24(23)37(38)39)32-20-8-11-22(12-9-20)40-26-7-3-6-25(34-26)35-14-16-36(17-15-35)27(41)33-19-4-1-2-5-19/h3,6-7,10,13,18-20,22,32H,1-2,4-5,8-9,11-12,14-17H2,(H,33,41). The van der Waals surface area contributed by atoms with Crippen molar-refractivity contribution in [3.8, 4) is 5.88 Å². The highest BCUT2D eigenvalue weighted by atomic mass is 32.1. The number of pyridine rings is 1. The van der Waals surface area contributed by atoms with Gasteiger partial charge in [0.05, 0.1) is 4.92 Å². The third-order valence-corrected chi connectivity index (χ3v) is 8.49. The summed E-state index contributed by atoms with van der Waals surface area (Å²) in [6.07, 6.45) is 2.89. The van der Waals surface area contributed by atoms with Gasteiger partial charge in [0.1, 0.15) is 17.5 Å². The molecule has 0 atom stereocenters. The number of nitro benzene ring substituents is 1. The maximum absolute atomic E-state index is 13.3. The van der Waals surface area contributed by atoms with Gasteiger partial charge < -0.3 is 25.2 Å². The van der Waals surface area contributed by atoms with Crippen molar-refractivity contribution in [2.45, 2.75) is 75.7 Å². The fraction of sp³-hybridized carbons (Fsp3) is 0.571. The Bertz CT molecular complexity index is 1230. The molecule has 1 aromatic heterocycles. The van der Waals surface area contributed by atoms with Crippen molar-refractivity contribution in [2.75, 3.05) is 36.4 Å². The van der Waals surface area contributed by atoms with Gasteiger partial charge in [-0.05, 0) is 68.9 Å². The summed E-state index contributed by atoms with van der Waals surface area (Å²) in [6, 6.07) is 9.27. The van der Waals surface area contributed by atoms with Crippen LogP contribution in [0, 0.1) is 10.1 Å². The molecule has 13 heteroatoms. The van der Waals surface area contributed by atoms with Gasteiger partial charge in [-0.1, -0.05) is 18.9 Å². The predicted molar refractivity (Wildman–Crippen MR) is 154 cm³/mol. The Morgan fingerprint density at radius 3 is 2.37 bits per heavy atom. The molecule has 1 saturated heterocycles. The first kappa shape index (κ1) is 29.2. The number of nitrogens with one attached hydrogen (secondary N) is 2. The molecule has 3 aliphatic rings. The molecular formula is C28H35F3N6O3S. The molecular weight excluding hydrogens is 557 g/mol. The molecule has 0 spiro atoms. The van der Waals surface area contributed by atoms with Gasteiger partial charge in [0.25, 0.3) is 5.69 Å². The molecule has 2 heterocycles. The quantitative estimate of drug-likeness (QED) is 0.237. The van der Waals surface area contributed by atoms with Crippen LogP contribution in [0.15, 0.2) is 36.4 Å². The van der Waals surface area contributed by atoms with E-state index >= 15 is 0 Å². The molecule has 0 radical (unpaired) electrons. The molecule has 2 saturated carbocycles. The lowest BCUT2D eigenvalue weighted by molar-refractivity contribution is -0.388. The average molecular weight is 593 g/mol. The smallest absolute Gasteiger partial charge is 0.423 e. The molecule has 5 rings (SSSR count). The molecule has 2 aromatic rings.